The van der Waals surface area contributed by atoms with Gasteiger partial charge in [-0.15, -0.1) is 0 Å². The number of halogens is 2. The molecule has 0 aliphatic carbocycles. The summed E-state index contributed by atoms with van der Waals surface area (Å²) in [5.41, 5.74) is 0.870. The van der Waals surface area contributed by atoms with E-state index in [1.54, 1.807) is 19.1 Å². The maximum Gasteiger partial charge on any atom is 0.134 e. The van der Waals surface area contributed by atoms with Gasteiger partial charge in [-0.05, 0) is 30.5 Å². The van der Waals surface area contributed by atoms with Crippen LogP contribution in [0.5, 0.6) is 0 Å². The van der Waals surface area contributed by atoms with Crippen LogP contribution in [0.2, 0.25) is 0 Å². The molecule has 0 atom stereocenters. The second-order valence-electron chi connectivity index (χ2n) is 4.00. The summed E-state index contributed by atoms with van der Waals surface area (Å²) in [6.07, 6.45) is 1.01. The van der Waals surface area contributed by atoms with Gasteiger partial charge in [0.25, 0.3) is 0 Å². The Kier molecular flexibility index (Phi) is 6.41. The molecule has 15 heavy (non-hydrogen) atoms. The van der Waals surface area contributed by atoms with Crippen molar-refractivity contribution >= 4 is 22.1 Å². The average Bonchev–Trinajstić information content (AvgIpc) is 2.10. The quantitative estimate of drug-likeness (QED) is 0.726. The Balaban J connectivity index is 0.000000423. The van der Waals surface area contributed by atoms with Crippen molar-refractivity contribution in [3.05, 3.63) is 33.5 Å². The third kappa shape index (κ3) is 5.67. The molecule has 0 spiro atoms. The Morgan fingerprint density at radius 3 is 2.20 bits per heavy atom. The van der Waals surface area contributed by atoms with E-state index in [4.69, 9.17) is 5.41 Å². The molecule has 0 aliphatic rings. The van der Waals surface area contributed by atoms with E-state index in [1.165, 1.54) is 0 Å². The molecule has 0 saturated heterocycles. The lowest BCUT2D eigenvalue weighted by molar-refractivity contribution is 0.616. The van der Waals surface area contributed by atoms with Gasteiger partial charge in [-0.3, -0.25) is 0 Å². The first-order valence-corrected chi connectivity index (χ1v) is 5.64. The fourth-order valence-electron chi connectivity index (χ4n) is 0.856. The molecule has 0 bridgehead atoms. The van der Waals surface area contributed by atoms with Crippen LogP contribution < -0.4 is 0 Å². The molecule has 0 radical (unpaired) electrons. The minimum Gasteiger partial charge on any atom is -0.308 e. The minimum atomic E-state index is -0.316. The van der Waals surface area contributed by atoms with Crippen molar-refractivity contribution in [2.45, 2.75) is 27.7 Å². The van der Waals surface area contributed by atoms with E-state index >= 15 is 0 Å². The van der Waals surface area contributed by atoms with Crippen molar-refractivity contribution in [1.29, 1.82) is 5.41 Å². The zero-order chi connectivity index (χ0) is 12.0. The normalized spacial score (nSPS) is 9.53. The van der Waals surface area contributed by atoms with Crippen molar-refractivity contribution in [1.82, 2.24) is 0 Å². The van der Waals surface area contributed by atoms with Crippen LogP contribution in [0.3, 0.4) is 0 Å². The summed E-state index contributed by atoms with van der Waals surface area (Å²) in [7, 11) is 0. The molecular formula is C12H17BrFN. The molecule has 1 aromatic carbocycles. The Bertz CT molecular complexity index is 332. The van der Waals surface area contributed by atoms with Gasteiger partial charge in [-0.1, -0.05) is 36.7 Å². The Labute approximate surface area is 99.3 Å². The third-order valence-corrected chi connectivity index (χ3v) is 1.86. The molecule has 0 unspecified atom stereocenters. The highest BCUT2D eigenvalue weighted by Crippen LogP contribution is 2.17. The summed E-state index contributed by atoms with van der Waals surface area (Å²) in [6, 6.07) is 3.26. The van der Waals surface area contributed by atoms with Gasteiger partial charge in [0.2, 0.25) is 0 Å². The Morgan fingerprint density at radius 1 is 1.33 bits per heavy atom. The van der Waals surface area contributed by atoms with Crippen molar-refractivity contribution in [2.24, 2.45) is 5.92 Å². The summed E-state index contributed by atoms with van der Waals surface area (Å²) in [4.78, 5) is 0. The number of hydrogen-bond donors (Lipinski definition) is 1. The highest BCUT2D eigenvalue weighted by atomic mass is 79.9. The second kappa shape index (κ2) is 6.72. The van der Waals surface area contributed by atoms with Crippen molar-refractivity contribution in [3.63, 3.8) is 0 Å². The molecule has 0 heterocycles. The van der Waals surface area contributed by atoms with Gasteiger partial charge >= 0.3 is 0 Å². The topological polar surface area (TPSA) is 23.9 Å². The van der Waals surface area contributed by atoms with Crippen molar-refractivity contribution in [3.8, 4) is 0 Å². The van der Waals surface area contributed by atoms with Crippen LogP contribution in [0.1, 0.15) is 31.9 Å². The first-order chi connectivity index (χ1) is 6.88. The first-order valence-electron chi connectivity index (χ1n) is 4.84. The molecule has 3 heteroatoms. The van der Waals surface area contributed by atoms with Crippen LogP contribution >= 0.6 is 15.9 Å². The van der Waals surface area contributed by atoms with E-state index < -0.39 is 0 Å². The molecule has 0 amide bonds. The van der Waals surface area contributed by atoms with Gasteiger partial charge in [0.1, 0.15) is 5.82 Å². The van der Waals surface area contributed by atoms with Gasteiger partial charge in [0.05, 0.1) is 0 Å². The number of hydrogen-bond acceptors (Lipinski definition) is 1. The maximum absolute atomic E-state index is 13.0. The Hall–Kier alpha value is -0.700. The zero-order valence-electron chi connectivity index (χ0n) is 9.57. The summed E-state index contributed by atoms with van der Waals surface area (Å²) in [5, 5.41) is 6.89. The van der Waals surface area contributed by atoms with Gasteiger partial charge in [0, 0.05) is 16.3 Å². The van der Waals surface area contributed by atoms with Crippen LogP contribution in [0.4, 0.5) is 4.39 Å². The van der Waals surface area contributed by atoms with Crippen LogP contribution in [0.15, 0.2) is 16.6 Å². The summed E-state index contributed by atoms with van der Waals surface area (Å²) in [6.45, 7) is 8.17. The number of nitrogens with one attached hydrogen (secondary N) is 1. The smallest absolute Gasteiger partial charge is 0.134 e. The van der Waals surface area contributed by atoms with Gasteiger partial charge in [-0.2, -0.15) is 0 Å². The summed E-state index contributed by atoms with van der Waals surface area (Å²) >= 11 is 3.22. The van der Waals surface area contributed by atoms with E-state index in [0.717, 1.165) is 16.6 Å². The average molecular weight is 274 g/mol. The van der Waals surface area contributed by atoms with Gasteiger partial charge < -0.3 is 5.41 Å². The first kappa shape index (κ1) is 14.3. The molecule has 0 saturated carbocycles. The molecule has 1 nitrogen and oxygen atoms in total. The van der Waals surface area contributed by atoms with E-state index in [1.807, 2.05) is 0 Å². The maximum atomic E-state index is 13.0. The van der Waals surface area contributed by atoms with Crippen LogP contribution in [0.25, 0.3) is 0 Å². The molecule has 1 rings (SSSR count). The highest BCUT2D eigenvalue weighted by molar-refractivity contribution is 9.10. The Morgan fingerprint density at radius 2 is 1.80 bits per heavy atom. The predicted molar refractivity (Wildman–Crippen MR) is 67.2 cm³/mol. The lowest BCUT2D eigenvalue weighted by atomic mass is 10.1. The molecule has 1 aromatic rings. The lowest BCUT2D eigenvalue weighted by Crippen LogP contribution is -1.90. The number of benzene rings is 1. The second-order valence-corrected chi connectivity index (χ2v) is 4.92. The van der Waals surface area contributed by atoms with E-state index in [-0.39, 0.29) is 5.82 Å². The van der Waals surface area contributed by atoms with Crippen molar-refractivity contribution in [2.75, 3.05) is 0 Å². The fraction of sp³-hybridized carbons (Fsp3) is 0.417. The molecule has 0 fully saturated rings. The molecule has 0 aromatic heterocycles. The lowest BCUT2D eigenvalue weighted by Gasteiger charge is -2.00. The molecular weight excluding hydrogens is 257 g/mol. The summed E-state index contributed by atoms with van der Waals surface area (Å²) < 4.78 is 13.8. The third-order valence-electron chi connectivity index (χ3n) is 1.40. The minimum absolute atomic E-state index is 0.316. The van der Waals surface area contributed by atoms with Gasteiger partial charge in [-0.25, -0.2) is 4.39 Å². The molecule has 84 valence electrons. The molecule has 1 N–H and O–H groups in total. The molecule has 0 aliphatic heterocycles. The van der Waals surface area contributed by atoms with Gasteiger partial charge in [0.15, 0.2) is 0 Å². The van der Waals surface area contributed by atoms with E-state index in [0.29, 0.717) is 11.1 Å². The van der Waals surface area contributed by atoms with Crippen LogP contribution in [-0.4, -0.2) is 6.21 Å². The van der Waals surface area contributed by atoms with E-state index in [2.05, 4.69) is 36.7 Å². The predicted octanol–water partition coefficient (Wildman–Crippen LogP) is 4.56. The van der Waals surface area contributed by atoms with Crippen LogP contribution in [0, 0.1) is 24.1 Å². The van der Waals surface area contributed by atoms with Crippen molar-refractivity contribution < 1.29 is 4.39 Å². The number of aryl methyl sites for hydroxylation is 1. The van der Waals surface area contributed by atoms with E-state index in [9.17, 15) is 4.39 Å². The SMILES string of the molecule is CC(C)C.Cc1cc(Br)cc(C=N)c1F. The van der Waals surface area contributed by atoms with Crippen LogP contribution in [-0.2, 0) is 0 Å². The zero-order valence-corrected chi connectivity index (χ0v) is 11.2. The highest BCUT2D eigenvalue weighted by Gasteiger charge is 2.03. The fourth-order valence-corrected chi connectivity index (χ4v) is 1.45. The summed E-state index contributed by atoms with van der Waals surface area (Å²) in [5.74, 6) is 0.517. The monoisotopic (exact) mass is 273 g/mol. The standard InChI is InChI=1S/C8H7BrFN.C4H10/c1-5-2-7(9)3-6(4-11)8(5)10;1-4(2)3/h2-4,11H,1H3;4H,1-3H3. The number of rotatable bonds is 1. The largest absolute Gasteiger partial charge is 0.308 e.